The minimum absolute atomic E-state index is 0. The maximum Gasteiger partial charge on any atom is 0.238 e. The fraction of sp³-hybridized carbons (Fsp3) is 0.316. The Morgan fingerprint density at radius 1 is 1.28 bits per heavy atom. The zero-order valence-electron chi connectivity index (χ0n) is 16.0. The maximum absolute atomic E-state index is 11.5. The van der Waals surface area contributed by atoms with E-state index in [-0.39, 0.29) is 34.9 Å². The monoisotopic (exact) mass is 549 g/mol. The van der Waals surface area contributed by atoms with Crippen LogP contribution in [0.5, 0.6) is 0 Å². The van der Waals surface area contributed by atoms with Crippen LogP contribution < -0.4 is 20.7 Å². The molecule has 0 aliphatic carbocycles. The Labute approximate surface area is 193 Å². The second-order valence-electron chi connectivity index (χ2n) is 6.67. The van der Waals surface area contributed by atoms with Gasteiger partial charge in [0.25, 0.3) is 0 Å². The largest absolute Gasteiger partial charge is 0.369 e. The van der Waals surface area contributed by atoms with Crippen molar-refractivity contribution in [2.45, 2.75) is 23.9 Å². The highest BCUT2D eigenvalue weighted by Crippen LogP contribution is 2.23. The van der Waals surface area contributed by atoms with Crippen molar-refractivity contribution in [2.24, 2.45) is 10.1 Å². The lowest BCUT2D eigenvalue weighted by Gasteiger charge is -2.20. The molecule has 7 nitrogen and oxygen atoms in total. The molecule has 2 aromatic rings. The second-order valence-corrected chi connectivity index (χ2v) is 8.67. The van der Waals surface area contributed by atoms with Crippen LogP contribution in [-0.4, -0.2) is 40.6 Å². The van der Waals surface area contributed by atoms with Crippen LogP contribution in [0.2, 0.25) is 5.02 Å². The number of nitrogens with two attached hydrogens (primary N) is 1. The summed E-state index contributed by atoms with van der Waals surface area (Å²) >= 11 is 6.09. The molecule has 0 spiro atoms. The van der Waals surface area contributed by atoms with Crippen molar-refractivity contribution in [3.8, 4) is 0 Å². The van der Waals surface area contributed by atoms with E-state index in [0.717, 1.165) is 35.8 Å². The number of benzene rings is 2. The van der Waals surface area contributed by atoms with E-state index in [1.54, 1.807) is 19.2 Å². The molecule has 0 aromatic heterocycles. The standard InChI is InChI=1S/C19H24ClN5O2S.HI/c1-22-19(23-12-14-4-2-7-18(10-14)28(21,26)27)24-16-8-9-25(13-16)17-6-3-5-15(20)11-17;/h2-7,10-11,16H,8-9,12-13H2,1H3,(H2,21,26,27)(H2,22,23,24);1H. The number of sulfonamides is 1. The van der Waals surface area contributed by atoms with Gasteiger partial charge in [0.1, 0.15) is 0 Å². The lowest BCUT2D eigenvalue weighted by molar-refractivity contribution is 0.597. The van der Waals surface area contributed by atoms with Gasteiger partial charge in [0.05, 0.1) is 4.90 Å². The van der Waals surface area contributed by atoms with Crippen LogP contribution in [0, 0.1) is 0 Å². The van der Waals surface area contributed by atoms with Crippen LogP contribution >= 0.6 is 35.6 Å². The molecule has 10 heteroatoms. The first-order valence-corrected chi connectivity index (χ1v) is 10.9. The molecule has 158 valence electrons. The molecule has 0 amide bonds. The number of aliphatic imine (C=N–C) groups is 1. The lowest BCUT2D eigenvalue weighted by Crippen LogP contribution is -2.44. The van der Waals surface area contributed by atoms with Crippen LogP contribution in [0.15, 0.2) is 58.4 Å². The third-order valence-electron chi connectivity index (χ3n) is 4.61. The third kappa shape index (κ3) is 6.73. The average Bonchev–Trinajstić information content (AvgIpc) is 3.13. The zero-order chi connectivity index (χ0) is 20.1. The summed E-state index contributed by atoms with van der Waals surface area (Å²) in [5.41, 5.74) is 1.92. The predicted octanol–water partition coefficient (Wildman–Crippen LogP) is 2.55. The molecule has 0 saturated carbocycles. The summed E-state index contributed by atoms with van der Waals surface area (Å²) < 4.78 is 23.0. The first-order chi connectivity index (χ1) is 13.3. The number of primary sulfonamides is 1. The second kappa shape index (κ2) is 10.5. The van der Waals surface area contributed by atoms with Crippen LogP contribution in [0.1, 0.15) is 12.0 Å². The molecule has 1 fully saturated rings. The first-order valence-electron chi connectivity index (χ1n) is 8.94. The van der Waals surface area contributed by atoms with Crippen molar-refractivity contribution in [3.63, 3.8) is 0 Å². The summed E-state index contributed by atoms with van der Waals surface area (Å²) in [6, 6.07) is 14.7. The number of nitrogens with one attached hydrogen (secondary N) is 2. The maximum atomic E-state index is 11.5. The zero-order valence-corrected chi connectivity index (χ0v) is 19.9. The predicted molar refractivity (Wildman–Crippen MR) is 129 cm³/mol. The smallest absolute Gasteiger partial charge is 0.238 e. The molecule has 4 N–H and O–H groups in total. The fourth-order valence-corrected chi connectivity index (χ4v) is 3.96. The van der Waals surface area contributed by atoms with E-state index >= 15 is 0 Å². The Morgan fingerprint density at radius 3 is 2.72 bits per heavy atom. The molecule has 1 aliphatic heterocycles. The van der Waals surface area contributed by atoms with Gasteiger partial charge in [-0.25, -0.2) is 13.6 Å². The highest BCUT2D eigenvalue weighted by Gasteiger charge is 2.23. The number of halogens is 2. The number of hydrogen-bond acceptors (Lipinski definition) is 4. The SMILES string of the molecule is CN=C(NCc1cccc(S(N)(=O)=O)c1)NC1CCN(c2cccc(Cl)c2)C1.I. The summed E-state index contributed by atoms with van der Waals surface area (Å²) in [7, 11) is -2.00. The molecule has 3 rings (SSSR count). The van der Waals surface area contributed by atoms with E-state index in [1.807, 2.05) is 24.3 Å². The Kier molecular flexibility index (Phi) is 8.56. The number of hydrogen-bond donors (Lipinski definition) is 3. The summed E-state index contributed by atoms with van der Waals surface area (Å²) in [5.74, 6) is 0.666. The van der Waals surface area contributed by atoms with E-state index in [4.69, 9.17) is 16.7 Å². The summed E-state index contributed by atoms with van der Waals surface area (Å²) in [4.78, 5) is 6.65. The topological polar surface area (TPSA) is 99.8 Å². The molecule has 0 bridgehead atoms. The van der Waals surface area contributed by atoms with Gasteiger partial charge >= 0.3 is 0 Å². The fourth-order valence-electron chi connectivity index (χ4n) is 3.19. The van der Waals surface area contributed by atoms with Gasteiger partial charge in [0.15, 0.2) is 5.96 Å². The Bertz CT molecular complexity index is 971. The Balaban J connectivity index is 0.00000300. The highest BCUT2D eigenvalue weighted by molar-refractivity contribution is 14.0. The average molecular weight is 550 g/mol. The minimum atomic E-state index is -3.71. The van der Waals surface area contributed by atoms with Gasteiger partial charge in [0.2, 0.25) is 10.0 Å². The van der Waals surface area contributed by atoms with Crippen molar-refractivity contribution in [2.75, 3.05) is 25.0 Å². The molecule has 2 aromatic carbocycles. The summed E-state index contributed by atoms with van der Waals surface area (Å²) in [6.45, 7) is 2.22. The van der Waals surface area contributed by atoms with Gasteiger partial charge in [-0.05, 0) is 42.3 Å². The van der Waals surface area contributed by atoms with Gasteiger partial charge in [-0.1, -0.05) is 29.8 Å². The van der Waals surface area contributed by atoms with E-state index in [2.05, 4.69) is 26.6 Å². The molecule has 1 aliphatic rings. The molecule has 0 radical (unpaired) electrons. The van der Waals surface area contributed by atoms with Crippen LogP contribution in [0.3, 0.4) is 0 Å². The van der Waals surface area contributed by atoms with Gasteiger partial charge < -0.3 is 15.5 Å². The van der Waals surface area contributed by atoms with Gasteiger partial charge in [0, 0.05) is 43.4 Å². The first kappa shape index (κ1) is 23.7. The van der Waals surface area contributed by atoms with Gasteiger partial charge in [-0.3, -0.25) is 4.99 Å². The number of nitrogens with zero attached hydrogens (tertiary/aromatic N) is 2. The van der Waals surface area contributed by atoms with Crippen molar-refractivity contribution in [3.05, 3.63) is 59.1 Å². The van der Waals surface area contributed by atoms with E-state index in [0.29, 0.717) is 12.5 Å². The van der Waals surface area contributed by atoms with Crippen LogP contribution in [0.25, 0.3) is 0 Å². The molecular weight excluding hydrogens is 525 g/mol. The minimum Gasteiger partial charge on any atom is -0.369 e. The number of anilines is 1. The normalized spacial score (nSPS) is 17.0. The Morgan fingerprint density at radius 2 is 2.03 bits per heavy atom. The highest BCUT2D eigenvalue weighted by atomic mass is 127. The van der Waals surface area contributed by atoms with Crippen molar-refractivity contribution in [1.29, 1.82) is 0 Å². The van der Waals surface area contributed by atoms with Gasteiger partial charge in [-0.15, -0.1) is 24.0 Å². The van der Waals surface area contributed by atoms with Crippen molar-refractivity contribution >= 4 is 57.2 Å². The summed E-state index contributed by atoms with van der Waals surface area (Å²) in [5, 5.41) is 12.6. The van der Waals surface area contributed by atoms with E-state index in [1.165, 1.54) is 6.07 Å². The quantitative estimate of drug-likeness (QED) is 0.302. The van der Waals surface area contributed by atoms with Gasteiger partial charge in [-0.2, -0.15) is 0 Å². The van der Waals surface area contributed by atoms with Crippen molar-refractivity contribution in [1.82, 2.24) is 10.6 Å². The van der Waals surface area contributed by atoms with E-state index in [9.17, 15) is 8.42 Å². The molecule has 1 heterocycles. The molecule has 1 unspecified atom stereocenters. The number of rotatable bonds is 5. The lowest BCUT2D eigenvalue weighted by atomic mass is 10.2. The third-order valence-corrected chi connectivity index (χ3v) is 5.76. The molecular formula is C19H25ClIN5O2S. The number of guanidine groups is 1. The molecule has 1 saturated heterocycles. The summed E-state index contributed by atoms with van der Waals surface area (Å²) in [6.07, 6.45) is 0.980. The molecule has 29 heavy (non-hydrogen) atoms. The van der Waals surface area contributed by atoms with E-state index < -0.39 is 10.0 Å². The van der Waals surface area contributed by atoms with Crippen LogP contribution in [0.4, 0.5) is 5.69 Å². The molecule has 1 atom stereocenters. The Hall–Kier alpha value is -1.56. The van der Waals surface area contributed by atoms with Crippen molar-refractivity contribution < 1.29 is 8.42 Å². The van der Waals surface area contributed by atoms with Crippen LogP contribution in [-0.2, 0) is 16.6 Å².